The van der Waals surface area contributed by atoms with E-state index in [4.69, 9.17) is 4.42 Å². The van der Waals surface area contributed by atoms with E-state index in [1.165, 1.54) is 36.6 Å². The van der Waals surface area contributed by atoms with Gasteiger partial charge in [0, 0.05) is 0 Å². The Labute approximate surface area is 130 Å². The average Bonchev–Trinajstić information content (AvgIpc) is 3.03. The van der Waals surface area contributed by atoms with Gasteiger partial charge in [0.25, 0.3) is 11.8 Å². The number of urea groups is 1. The minimum absolute atomic E-state index is 0.0757. The SMILES string of the molecule is O=C1NC(=O)N(Cc2ccc(F)cc2)C(=O)C1=Cc1ccco1. The molecule has 0 aliphatic carbocycles. The van der Waals surface area contributed by atoms with Crippen molar-refractivity contribution >= 4 is 23.9 Å². The van der Waals surface area contributed by atoms with Crippen molar-refractivity contribution in [2.45, 2.75) is 6.54 Å². The third-order valence-corrected chi connectivity index (χ3v) is 3.27. The van der Waals surface area contributed by atoms with Crippen LogP contribution in [0.2, 0.25) is 0 Å². The lowest BCUT2D eigenvalue weighted by Crippen LogP contribution is -2.53. The zero-order valence-electron chi connectivity index (χ0n) is 11.8. The zero-order chi connectivity index (χ0) is 16.4. The fraction of sp³-hybridized carbons (Fsp3) is 0.0625. The molecular formula is C16H11FN2O4. The smallest absolute Gasteiger partial charge is 0.331 e. The van der Waals surface area contributed by atoms with E-state index in [0.29, 0.717) is 11.3 Å². The standard InChI is InChI=1S/C16H11FN2O4/c17-11-5-3-10(4-6-11)9-19-15(21)13(14(20)18-16(19)22)8-12-2-1-7-23-12/h1-8H,9H2,(H,18,20,22). The monoisotopic (exact) mass is 314 g/mol. The Balaban J connectivity index is 1.88. The molecule has 1 aliphatic heterocycles. The van der Waals surface area contributed by atoms with Crippen LogP contribution in [0.3, 0.4) is 0 Å². The molecule has 1 saturated heterocycles. The quantitative estimate of drug-likeness (QED) is 0.695. The van der Waals surface area contributed by atoms with E-state index in [1.807, 2.05) is 0 Å². The van der Waals surface area contributed by atoms with Crippen molar-refractivity contribution in [3.8, 4) is 0 Å². The summed E-state index contributed by atoms with van der Waals surface area (Å²) in [6.07, 6.45) is 2.67. The van der Waals surface area contributed by atoms with Crippen molar-refractivity contribution in [1.82, 2.24) is 10.2 Å². The summed E-state index contributed by atoms with van der Waals surface area (Å²) in [5, 5.41) is 2.10. The van der Waals surface area contributed by atoms with Crippen molar-refractivity contribution in [1.29, 1.82) is 0 Å². The summed E-state index contributed by atoms with van der Waals surface area (Å²) in [4.78, 5) is 37.0. The number of barbiturate groups is 1. The summed E-state index contributed by atoms with van der Waals surface area (Å²) in [6, 6.07) is 7.75. The molecule has 1 fully saturated rings. The van der Waals surface area contributed by atoms with E-state index >= 15 is 0 Å². The number of rotatable bonds is 3. The number of carbonyl (C=O) groups is 3. The van der Waals surface area contributed by atoms with Crippen LogP contribution in [0.5, 0.6) is 0 Å². The van der Waals surface area contributed by atoms with Crippen molar-refractivity contribution in [3.63, 3.8) is 0 Å². The van der Waals surface area contributed by atoms with Crippen LogP contribution in [0.4, 0.5) is 9.18 Å². The van der Waals surface area contributed by atoms with Crippen LogP contribution >= 0.6 is 0 Å². The van der Waals surface area contributed by atoms with Gasteiger partial charge in [0.05, 0.1) is 12.8 Å². The van der Waals surface area contributed by atoms with Gasteiger partial charge in [0.15, 0.2) is 0 Å². The molecule has 0 bridgehead atoms. The highest BCUT2D eigenvalue weighted by Crippen LogP contribution is 2.17. The minimum Gasteiger partial charge on any atom is -0.465 e. The Kier molecular flexibility index (Phi) is 3.76. The number of nitrogens with zero attached hydrogens (tertiary/aromatic N) is 1. The highest BCUT2D eigenvalue weighted by atomic mass is 19.1. The van der Waals surface area contributed by atoms with Crippen LogP contribution in [0.1, 0.15) is 11.3 Å². The van der Waals surface area contributed by atoms with Crippen LogP contribution in [0, 0.1) is 5.82 Å². The third kappa shape index (κ3) is 3.03. The Morgan fingerprint density at radius 1 is 1.13 bits per heavy atom. The van der Waals surface area contributed by atoms with Gasteiger partial charge in [0.1, 0.15) is 17.2 Å². The van der Waals surface area contributed by atoms with Gasteiger partial charge in [-0.05, 0) is 35.9 Å². The predicted molar refractivity (Wildman–Crippen MR) is 77.2 cm³/mol. The van der Waals surface area contributed by atoms with Crippen LogP contribution in [-0.4, -0.2) is 22.7 Å². The third-order valence-electron chi connectivity index (χ3n) is 3.27. The predicted octanol–water partition coefficient (Wildman–Crippen LogP) is 2.08. The Morgan fingerprint density at radius 3 is 2.52 bits per heavy atom. The maximum atomic E-state index is 12.9. The van der Waals surface area contributed by atoms with Crippen molar-refractivity contribution in [3.05, 3.63) is 65.4 Å². The Bertz CT molecular complexity index is 794. The fourth-order valence-corrected chi connectivity index (χ4v) is 2.13. The largest absolute Gasteiger partial charge is 0.465 e. The maximum absolute atomic E-state index is 12.9. The van der Waals surface area contributed by atoms with Gasteiger partial charge in [0.2, 0.25) is 0 Å². The van der Waals surface area contributed by atoms with Crippen LogP contribution in [-0.2, 0) is 16.1 Å². The molecule has 6 nitrogen and oxygen atoms in total. The number of hydrogen-bond donors (Lipinski definition) is 1. The molecule has 2 aromatic rings. The summed E-state index contributed by atoms with van der Waals surface area (Å²) in [7, 11) is 0. The number of halogens is 1. The molecule has 0 saturated carbocycles. The normalized spacial score (nSPS) is 16.8. The maximum Gasteiger partial charge on any atom is 0.331 e. The number of furan rings is 1. The highest BCUT2D eigenvalue weighted by molar-refractivity contribution is 6.30. The van der Waals surface area contributed by atoms with E-state index in [2.05, 4.69) is 5.32 Å². The van der Waals surface area contributed by atoms with E-state index in [9.17, 15) is 18.8 Å². The molecule has 0 spiro atoms. The van der Waals surface area contributed by atoms with Gasteiger partial charge < -0.3 is 4.42 Å². The summed E-state index contributed by atoms with van der Waals surface area (Å²) < 4.78 is 18.0. The molecule has 3 rings (SSSR count). The van der Waals surface area contributed by atoms with Crippen LogP contribution < -0.4 is 5.32 Å². The number of hydrogen-bond acceptors (Lipinski definition) is 4. The molecule has 1 aliphatic rings. The number of benzene rings is 1. The second-order valence-electron chi connectivity index (χ2n) is 4.85. The van der Waals surface area contributed by atoms with E-state index < -0.39 is 23.7 Å². The summed E-state index contributed by atoms with van der Waals surface area (Å²) in [5.41, 5.74) is 0.350. The molecular weight excluding hydrogens is 303 g/mol. The fourth-order valence-electron chi connectivity index (χ4n) is 2.13. The molecule has 116 valence electrons. The number of imide groups is 2. The van der Waals surface area contributed by atoms with Gasteiger partial charge in [-0.1, -0.05) is 12.1 Å². The first-order chi connectivity index (χ1) is 11.0. The van der Waals surface area contributed by atoms with Crippen LogP contribution in [0.25, 0.3) is 6.08 Å². The number of nitrogens with one attached hydrogen (secondary N) is 1. The molecule has 1 aromatic carbocycles. The van der Waals surface area contributed by atoms with Crippen molar-refractivity contribution in [2.75, 3.05) is 0 Å². The summed E-state index contributed by atoms with van der Waals surface area (Å²) in [5.74, 6) is -1.62. The van der Waals surface area contributed by atoms with Gasteiger partial charge in [-0.15, -0.1) is 0 Å². The lowest BCUT2D eigenvalue weighted by molar-refractivity contribution is -0.130. The topological polar surface area (TPSA) is 79.6 Å². The summed E-state index contributed by atoms with van der Waals surface area (Å²) >= 11 is 0. The highest BCUT2D eigenvalue weighted by Gasteiger charge is 2.35. The van der Waals surface area contributed by atoms with E-state index in [0.717, 1.165) is 4.90 Å². The molecule has 1 aromatic heterocycles. The van der Waals surface area contributed by atoms with Gasteiger partial charge in [-0.3, -0.25) is 19.8 Å². The van der Waals surface area contributed by atoms with E-state index in [1.54, 1.807) is 12.1 Å². The number of amides is 4. The molecule has 23 heavy (non-hydrogen) atoms. The lowest BCUT2D eigenvalue weighted by Gasteiger charge is -2.26. The second kappa shape index (κ2) is 5.88. The Hall–Kier alpha value is -3.22. The number of carbonyl (C=O) groups excluding carboxylic acids is 3. The zero-order valence-corrected chi connectivity index (χ0v) is 11.8. The van der Waals surface area contributed by atoms with Crippen molar-refractivity contribution < 1.29 is 23.2 Å². The molecule has 0 radical (unpaired) electrons. The molecule has 7 heteroatoms. The first-order valence-electron chi connectivity index (χ1n) is 6.71. The minimum atomic E-state index is -0.819. The van der Waals surface area contributed by atoms with Gasteiger partial charge in [-0.2, -0.15) is 0 Å². The average molecular weight is 314 g/mol. The van der Waals surface area contributed by atoms with E-state index in [-0.39, 0.29) is 12.1 Å². The van der Waals surface area contributed by atoms with Crippen molar-refractivity contribution in [2.24, 2.45) is 0 Å². The molecule has 2 heterocycles. The second-order valence-corrected chi connectivity index (χ2v) is 4.85. The van der Waals surface area contributed by atoms with Gasteiger partial charge in [-0.25, -0.2) is 9.18 Å². The van der Waals surface area contributed by atoms with Crippen LogP contribution in [0.15, 0.2) is 52.7 Å². The first-order valence-corrected chi connectivity index (χ1v) is 6.71. The molecule has 4 amide bonds. The Morgan fingerprint density at radius 2 is 1.87 bits per heavy atom. The molecule has 1 N–H and O–H groups in total. The molecule has 0 unspecified atom stereocenters. The first kappa shape index (κ1) is 14.7. The summed E-state index contributed by atoms with van der Waals surface area (Å²) in [6.45, 7) is -0.0757. The van der Waals surface area contributed by atoms with Gasteiger partial charge >= 0.3 is 6.03 Å². The lowest BCUT2D eigenvalue weighted by atomic mass is 10.1. The molecule has 0 atom stereocenters.